The van der Waals surface area contributed by atoms with Gasteiger partial charge in [-0.3, -0.25) is 0 Å². The fraction of sp³-hybridized carbons (Fsp3) is 0.333. The number of alkyl halides is 1. The Morgan fingerprint density at radius 3 is 2.78 bits per heavy atom. The molecule has 96 valence electrons. The van der Waals surface area contributed by atoms with E-state index >= 15 is 0 Å². The molecule has 2 aromatic rings. The van der Waals surface area contributed by atoms with Gasteiger partial charge in [0.1, 0.15) is 5.75 Å². The molecule has 1 aromatic heterocycles. The second-order valence-corrected chi connectivity index (χ2v) is 6.00. The number of ether oxygens (including phenoxy) is 1. The van der Waals surface area contributed by atoms with E-state index in [-0.39, 0.29) is 0 Å². The van der Waals surface area contributed by atoms with Gasteiger partial charge in [0.25, 0.3) is 0 Å². The first kappa shape index (κ1) is 13.9. The predicted molar refractivity (Wildman–Crippen MR) is 88.0 cm³/mol. The third-order valence-corrected chi connectivity index (χ3v) is 4.18. The first-order valence-corrected chi connectivity index (χ1v) is 8.68. The Labute approximate surface area is 126 Å². The zero-order chi connectivity index (χ0) is 12.6. The molecule has 3 heteroatoms. The maximum Gasteiger partial charge on any atom is 0.119 e. The van der Waals surface area contributed by atoms with Crippen LogP contribution in [0.1, 0.15) is 19.3 Å². The van der Waals surface area contributed by atoms with Crippen LogP contribution in [0.25, 0.3) is 11.1 Å². The highest BCUT2D eigenvalue weighted by Gasteiger charge is 2.00. The van der Waals surface area contributed by atoms with Crippen LogP contribution in [0.2, 0.25) is 0 Å². The van der Waals surface area contributed by atoms with Gasteiger partial charge in [-0.1, -0.05) is 34.7 Å². The topological polar surface area (TPSA) is 9.23 Å². The van der Waals surface area contributed by atoms with E-state index in [0.29, 0.717) is 0 Å². The second-order valence-electron chi connectivity index (χ2n) is 4.14. The van der Waals surface area contributed by atoms with Crippen LogP contribution in [-0.4, -0.2) is 11.0 Å². The molecule has 0 atom stereocenters. The van der Waals surface area contributed by atoms with Gasteiger partial charge in [-0.25, -0.2) is 0 Å². The Kier molecular flexibility index (Phi) is 6.00. The van der Waals surface area contributed by atoms with Crippen molar-refractivity contribution in [2.24, 2.45) is 0 Å². The molecule has 18 heavy (non-hydrogen) atoms. The van der Waals surface area contributed by atoms with E-state index in [2.05, 4.69) is 57.6 Å². The molecule has 0 aliphatic heterocycles. The van der Waals surface area contributed by atoms with Crippen LogP contribution in [0.4, 0.5) is 0 Å². The lowest BCUT2D eigenvalue weighted by atomic mass is 10.1. The summed E-state index contributed by atoms with van der Waals surface area (Å²) in [5, 5.41) is 4.27. The molecule has 0 radical (unpaired) electrons. The van der Waals surface area contributed by atoms with Crippen LogP contribution in [0.3, 0.4) is 0 Å². The zero-order valence-electron chi connectivity index (χ0n) is 10.3. The van der Waals surface area contributed by atoms with E-state index in [0.717, 1.165) is 18.8 Å². The molecule has 1 aromatic carbocycles. The lowest BCUT2D eigenvalue weighted by Gasteiger charge is -2.07. The largest absolute Gasteiger partial charge is 0.494 e. The van der Waals surface area contributed by atoms with Gasteiger partial charge in [0, 0.05) is 0 Å². The van der Waals surface area contributed by atoms with Crippen molar-refractivity contribution in [3.8, 4) is 16.9 Å². The molecule has 0 amide bonds. The smallest absolute Gasteiger partial charge is 0.119 e. The normalized spacial score (nSPS) is 10.5. The van der Waals surface area contributed by atoms with Crippen LogP contribution in [-0.2, 0) is 0 Å². The van der Waals surface area contributed by atoms with E-state index in [1.54, 1.807) is 11.3 Å². The van der Waals surface area contributed by atoms with E-state index < -0.39 is 0 Å². The van der Waals surface area contributed by atoms with Gasteiger partial charge >= 0.3 is 0 Å². The van der Waals surface area contributed by atoms with Crippen molar-refractivity contribution >= 4 is 33.9 Å². The van der Waals surface area contributed by atoms with Crippen molar-refractivity contribution in [3.05, 3.63) is 41.1 Å². The predicted octanol–water partition coefficient (Wildman–Crippen LogP) is 5.40. The summed E-state index contributed by atoms with van der Waals surface area (Å²) in [4.78, 5) is 0. The Hall–Kier alpha value is -0.550. The zero-order valence-corrected chi connectivity index (χ0v) is 13.2. The third-order valence-electron chi connectivity index (χ3n) is 2.74. The van der Waals surface area contributed by atoms with E-state index in [4.69, 9.17) is 4.74 Å². The van der Waals surface area contributed by atoms with Crippen molar-refractivity contribution in [2.45, 2.75) is 19.3 Å². The summed E-state index contributed by atoms with van der Waals surface area (Å²) in [7, 11) is 0. The van der Waals surface area contributed by atoms with Crippen LogP contribution in [0.5, 0.6) is 5.75 Å². The Morgan fingerprint density at radius 2 is 2.00 bits per heavy atom. The lowest BCUT2D eigenvalue weighted by molar-refractivity contribution is 0.306. The average Bonchev–Trinajstić information content (AvgIpc) is 2.93. The molecule has 0 bridgehead atoms. The van der Waals surface area contributed by atoms with E-state index in [9.17, 15) is 0 Å². The Morgan fingerprint density at radius 1 is 1.06 bits per heavy atom. The monoisotopic (exact) mass is 372 g/mol. The minimum Gasteiger partial charge on any atom is -0.494 e. The third kappa shape index (κ3) is 4.28. The van der Waals surface area contributed by atoms with Crippen molar-refractivity contribution in [2.75, 3.05) is 11.0 Å². The standard InChI is InChI=1S/C15H17IOS/c16-8-2-1-3-9-17-15-6-4-5-13(11-15)14-7-10-18-12-14/h4-7,10-12H,1-3,8-9H2. The summed E-state index contributed by atoms with van der Waals surface area (Å²) in [5.74, 6) is 0.980. The van der Waals surface area contributed by atoms with Gasteiger partial charge in [0.15, 0.2) is 0 Å². The summed E-state index contributed by atoms with van der Waals surface area (Å²) in [6.45, 7) is 0.823. The summed E-state index contributed by atoms with van der Waals surface area (Å²) in [6, 6.07) is 10.5. The number of thiophene rings is 1. The SMILES string of the molecule is ICCCCCOc1cccc(-c2ccsc2)c1. The van der Waals surface area contributed by atoms with Gasteiger partial charge in [-0.2, -0.15) is 11.3 Å². The fourth-order valence-electron chi connectivity index (χ4n) is 1.76. The molecule has 2 rings (SSSR count). The summed E-state index contributed by atoms with van der Waals surface area (Å²) < 4.78 is 7.03. The first-order chi connectivity index (χ1) is 8.90. The summed E-state index contributed by atoms with van der Waals surface area (Å²) >= 11 is 4.15. The van der Waals surface area contributed by atoms with E-state index in [1.807, 2.05) is 6.07 Å². The molecule has 0 unspecified atom stereocenters. The minimum atomic E-state index is 0.823. The molecule has 0 spiro atoms. The molecular weight excluding hydrogens is 355 g/mol. The number of hydrogen-bond acceptors (Lipinski definition) is 2. The fourth-order valence-corrected chi connectivity index (χ4v) is 2.96. The maximum absolute atomic E-state index is 5.79. The molecule has 0 fully saturated rings. The van der Waals surface area contributed by atoms with Crippen molar-refractivity contribution in [1.29, 1.82) is 0 Å². The first-order valence-electron chi connectivity index (χ1n) is 6.21. The van der Waals surface area contributed by atoms with Gasteiger partial charge < -0.3 is 4.74 Å². The Balaban J connectivity index is 1.88. The number of rotatable bonds is 7. The molecular formula is C15H17IOS. The minimum absolute atomic E-state index is 0.823. The lowest BCUT2D eigenvalue weighted by Crippen LogP contribution is -1.97. The van der Waals surface area contributed by atoms with Gasteiger partial charge in [-0.05, 0) is 63.8 Å². The average molecular weight is 372 g/mol. The molecule has 1 heterocycles. The number of unbranched alkanes of at least 4 members (excludes halogenated alkanes) is 2. The van der Waals surface area contributed by atoms with Crippen molar-refractivity contribution < 1.29 is 4.74 Å². The highest BCUT2D eigenvalue weighted by atomic mass is 127. The van der Waals surface area contributed by atoms with Gasteiger partial charge in [0.2, 0.25) is 0 Å². The Bertz CT molecular complexity index is 453. The molecule has 0 N–H and O–H groups in total. The van der Waals surface area contributed by atoms with Gasteiger partial charge in [0.05, 0.1) is 6.61 Å². The molecule has 0 aliphatic rings. The van der Waals surface area contributed by atoms with Crippen LogP contribution >= 0.6 is 33.9 Å². The highest BCUT2D eigenvalue weighted by molar-refractivity contribution is 14.1. The number of benzene rings is 1. The molecule has 1 nitrogen and oxygen atoms in total. The number of halogens is 1. The van der Waals surface area contributed by atoms with Crippen LogP contribution in [0.15, 0.2) is 41.1 Å². The molecule has 0 aliphatic carbocycles. The second kappa shape index (κ2) is 7.79. The van der Waals surface area contributed by atoms with Crippen LogP contribution in [0, 0.1) is 0 Å². The maximum atomic E-state index is 5.79. The van der Waals surface area contributed by atoms with Crippen molar-refractivity contribution in [3.63, 3.8) is 0 Å². The van der Waals surface area contributed by atoms with Gasteiger partial charge in [-0.15, -0.1) is 0 Å². The molecule has 0 saturated heterocycles. The quantitative estimate of drug-likeness (QED) is 0.359. The summed E-state index contributed by atoms with van der Waals surface area (Å²) in [6.07, 6.45) is 3.69. The number of hydrogen-bond donors (Lipinski definition) is 0. The van der Waals surface area contributed by atoms with Crippen molar-refractivity contribution in [1.82, 2.24) is 0 Å². The van der Waals surface area contributed by atoms with E-state index in [1.165, 1.54) is 28.4 Å². The highest BCUT2D eigenvalue weighted by Crippen LogP contribution is 2.25. The van der Waals surface area contributed by atoms with Crippen LogP contribution < -0.4 is 4.74 Å². The molecule has 0 saturated carbocycles. The summed E-state index contributed by atoms with van der Waals surface area (Å²) in [5.41, 5.74) is 2.51.